The van der Waals surface area contributed by atoms with Crippen molar-refractivity contribution in [2.24, 2.45) is 0 Å². The first-order chi connectivity index (χ1) is 5.62. The van der Waals surface area contributed by atoms with E-state index in [1.165, 1.54) is 19.6 Å². The molecule has 0 atom stereocenters. The summed E-state index contributed by atoms with van der Waals surface area (Å²) in [5, 5.41) is 9.14. The van der Waals surface area contributed by atoms with Crippen molar-refractivity contribution in [3.8, 4) is 0 Å². The minimum Gasteiger partial charge on any atom is -0.304 e. The molecule has 0 amide bonds. The maximum absolute atomic E-state index is 9.14. The van der Waals surface area contributed by atoms with E-state index >= 15 is 0 Å². The summed E-state index contributed by atoms with van der Waals surface area (Å²) in [4.78, 5) is 11.5. The maximum atomic E-state index is 9.14. The summed E-state index contributed by atoms with van der Waals surface area (Å²) in [5.74, 6) is -1.23. The van der Waals surface area contributed by atoms with Crippen LogP contribution in [0, 0.1) is 0 Å². The minimum absolute atomic E-state index is 0. The van der Waals surface area contributed by atoms with Gasteiger partial charge in [0.15, 0.2) is 0 Å². The predicted molar refractivity (Wildman–Crippen MR) is 59.7 cm³/mol. The third kappa shape index (κ3) is 18.5. The van der Waals surface area contributed by atoms with Gasteiger partial charge in [0.05, 0.1) is 0 Å². The van der Waals surface area contributed by atoms with Crippen molar-refractivity contribution >= 4 is 23.0 Å². The molecule has 0 rings (SSSR count). The summed E-state index contributed by atoms with van der Waals surface area (Å²) in [7, 11) is 0. The third-order valence-corrected chi connectivity index (χ3v) is 1.51. The first-order valence-electron chi connectivity index (χ1n) is 4.18. The van der Waals surface area contributed by atoms with E-state index in [1.54, 1.807) is 0 Å². The summed E-state index contributed by atoms with van der Waals surface area (Å²) in [6.07, 6.45) is 0.722. The molecule has 0 aromatic rings. The van der Waals surface area contributed by atoms with Crippen LogP contribution >= 0.6 is 17.0 Å². The Hall–Kier alpha value is -0.350. The van der Waals surface area contributed by atoms with Crippen LogP contribution in [-0.2, 0) is 9.90 Å². The third-order valence-electron chi connectivity index (χ3n) is 1.51. The molecule has 0 N–H and O–H groups in total. The number of carbonyl (C=O) groups is 1. The zero-order valence-electron chi connectivity index (χ0n) is 8.58. The first kappa shape index (κ1) is 18.4. The van der Waals surface area contributed by atoms with Gasteiger partial charge in [0.1, 0.15) is 0 Å². The van der Waals surface area contributed by atoms with Crippen LogP contribution in [0.4, 0.5) is 0 Å². The Morgan fingerprint density at radius 1 is 1.23 bits per heavy atom. The van der Waals surface area contributed by atoms with Crippen molar-refractivity contribution < 1.29 is 9.90 Å². The van der Waals surface area contributed by atoms with Crippen molar-refractivity contribution in [3.05, 3.63) is 12.7 Å². The van der Waals surface area contributed by atoms with E-state index in [0.29, 0.717) is 0 Å². The lowest BCUT2D eigenvalue weighted by Crippen LogP contribution is -2.21. The van der Waals surface area contributed by atoms with Crippen molar-refractivity contribution in [2.45, 2.75) is 20.8 Å². The zero-order valence-corrected chi connectivity index (χ0v) is 10.3. The van der Waals surface area contributed by atoms with Crippen molar-refractivity contribution in [1.82, 2.24) is 4.90 Å². The molecule has 0 aromatic carbocycles. The highest BCUT2D eigenvalue weighted by atomic mass is 79.9. The predicted octanol–water partition coefficient (Wildman–Crippen LogP) is 2.06. The van der Waals surface area contributed by atoms with Gasteiger partial charge in [-0.15, -0.1) is 17.0 Å². The standard InChI is InChI=1S/C6H15N.C3H3O2.BrH/c1-4-7(5-2)6-3;1-2-3(4)5;/h4-6H2,1-3H3;2H,1H2;1H. The van der Waals surface area contributed by atoms with Crippen molar-refractivity contribution in [1.29, 1.82) is 0 Å². The molecule has 0 aliphatic rings. The second kappa shape index (κ2) is 14.2. The van der Waals surface area contributed by atoms with Crippen LogP contribution in [0.15, 0.2) is 12.7 Å². The van der Waals surface area contributed by atoms with Crippen LogP contribution in [0.5, 0.6) is 0 Å². The van der Waals surface area contributed by atoms with Gasteiger partial charge in [-0.25, -0.2) is 9.90 Å². The van der Waals surface area contributed by atoms with E-state index in [-0.39, 0.29) is 17.0 Å². The van der Waals surface area contributed by atoms with E-state index in [4.69, 9.17) is 9.90 Å². The second-order valence-electron chi connectivity index (χ2n) is 2.14. The molecule has 0 aromatic heterocycles. The fourth-order valence-electron chi connectivity index (χ4n) is 0.671. The number of rotatable bonds is 4. The molecule has 0 saturated heterocycles. The molecule has 0 aliphatic carbocycles. The Labute approximate surface area is 91.2 Å². The minimum atomic E-state index is -1.23. The molecule has 4 heteroatoms. The van der Waals surface area contributed by atoms with Crippen LogP contribution in [-0.4, -0.2) is 30.5 Å². The van der Waals surface area contributed by atoms with Gasteiger partial charge in [-0.05, 0) is 19.6 Å². The fraction of sp³-hybridized carbons (Fsp3) is 0.667. The molecule has 0 heterocycles. The van der Waals surface area contributed by atoms with E-state index in [0.717, 1.165) is 6.08 Å². The Balaban J connectivity index is -0.000000150. The molecular weight excluding hydrogens is 234 g/mol. The van der Waals surface area contributed by atoms with E-state index < -0.39 is 5.97 Å². The molecule has 0 bridgehead atoms. The summed E-state index contributed by atoms with van der Waals surface area (Å²) in [5.41, 5.74) is 0. The summed E-state index contributed by atoms with van der Waals surface area (Å²) >= 11 is 0. The van der Waals surface area contributed by atoms with Gasteiger partial charge < -0.3 is 4.90 Å². The second-order valence-corrected chi connectivity index (χ2v) is 2.14. The Bertz CT molecular complexity index is 119. The van der Waals surface area contributed by atoms with Crippen LogP contribution in [0.3, 0.4) is 0 Å². The van der Waals surface area contributed by atoms with E-state index in [2.05, 4.69) is 32.3 Å². The quantitative estimate of drug-likeness (QED) is 0.719. The number of halogens is 1. The molecule has 0 aliphatic heterocycles. The number of carbonyl (C=O) groups excluding carboxylic acids is 1. The summed E-state index contributed by atoms with van der Waals surface area (Å²) < 4.78 is 0. The zero-order chi connectivity index (χ0) is 9.98. The van der Waals surface area contributed by atoms with Gasteiger partial charge in [-0.2, -0.15) is 0 Å². The van der Waals surface area contributed by atoms with Gasteiger partial charge in [-0.1, -0.05) is 27.4 Å². The highest BCUT2D eigenvalue weighted by Crippen LogP contribution is 1.81. The number of hydrogen-bond acceptors (Lipinski definition) is 2. The van der Waals surface area contributed by atoms with Crippen LogP contribution < -0.4 is 0 Å². The topological polar surface area (TPSA) is 40.2 Å². The molecule has 3 nitrogen and oxygen atoms in total. The lowest BCUT2D eigenvalue weighted by Gasteiger charge is -2.13. The van der Waals surface area contributed by atoms with Crippen molar-refractivity contribution in [3.63, 3.8) is 0 Å². The Morgan fingerprint density at radius 2 is 1.46 bits per heavy atom. The van der Waals surface area contributed by atoms with Gasteiger partial charge in [0, 0.05) is 6.08 Å². The summed E-state index contributed by atoms with van der Waals surface area (Å²) in [6, 6.07) is 0. The lowest BCUT2D eigenvalue weighted by atomic mass is 10.5. The maximum Gasteiger partial charge on any atom is 0.378 e. The van der Waals surface area contributed by atoms with Gasteiger partial charge >= 0.3 is 5.97 Å². The highest BCUT2D eigenvalue weighted by molar-refractivity contribution is 8.93. The van der Waals surface area contributed by atoms with Gasteiger partial charge in [-0.3, -0.25) is 0 Å². The average molecular weight is 253 g/mol. The Kier molecular flexibility index (Phi) is 20.1. The SMILES string of the molecule is Br.C=CC([O])=O.CCN(CC)CC. The monoisotopic (exact) mass is 252 g/mol. The molecular formula is C9H19BrNO2. The largest absolute Gasteiger partial charge is 0.378 e. The molecule has 0 saturated carbocycles. The van der Waals surface area contributed by atoms with Crippen LogP contribution in [0.25, 0.3) is 0 Å². The summed E-state index contributed by atoms with van der Waals surface area (Å²) in [6.45, 7) is 13.0. The van der Waals surface area contributed by atoms with Crippen LogP contribution in [0.2, 0.25) is 0 Å². The molecule has 0 spiro atoms. The number of hydrogen-bond donors (Lipinski definition) is 0. The molecule has 1 radical (unpaired) electrons. The average Bonchev–Trinajstić information content (AvgIpc) is 2.09. The van der Waals surface area contributed by atoms with Crippen LogP contribution in [0.1, 0.15) is 20.8 Å². The fourth-order valence-corrected chi connectivity index (χ4v) is 0.671. The lowest BCUT2D eigenvalue weighted by molar-refractivity contribution is -0.137. The Morgan fingerprint density at radius 3 is 1.46 bits per heavy atom. The van der Waals surface area contributed by atoms with Crippen molar-refractivity contribution in [2.75, 3.05) is 19.6 Å². The molecule has 0 fully saturated rings. The normalized spacial score (nSPS) is 8.00. The first-order valence-corrected chi connectivity index (χ1v) is 4.18. The molecule has 0 unspecified atom stereocenters. The van der Waals surface area contributed by atoms with E-state index in [1.807, 2.05) is 0 Å². The van der Waals surface area contributed by atoms with Gasteiger partial charge in [0.25, 0.3) is 0 Å². The van der Waals surface area contributed by atoms with Gasteiger partial charge in [0.2, 0.25) is 0 Å². The molecule has 13 heavy (non-hydrogen) atoms. The van der Waals surface area contributed by atoms with E-state index in [9.17, 15) is 0 Å². The highest BCUT2D eigenvalue weighted by Gasteiger charge is 1.89. The number of nitrogens with zero attached hydrogens (tertiary/aromatic N) is 1. The smallest absolute Gasteiger partial charge is 0.304 e. The molecule has 79 valence electrons.